The average molecular weight is 456 g/mol. The zero-order chi connectivity index (χ0) is 20.5. The van der Waals surface area contributed by atoms with Crippen molar-refractivity contribution in [2.24, 2.45) is 5.10 Å². The summed E-state index contributed by atoms with van der Waals surface area (Å²) in [7, 11) is 1.55. The first-order chi connectivity index (χ1) is 14.0. The quantitative estimate of drug-likeness (QED) is 0.390. The summed E-state index contributed by atoms with van der Waals surface area (Å²) >= 11 is 3.40. The maximum Gasteiger partial charge on any atom is 0.247 e. The van der Waals surface area contributed by atoms with Gasteiger partial charge in [0.2, 0.25) is 6.04 Å². The van der Waals surface area contributed by atoms with Gasteiger partial charge in [0, 0.05) is 21.2 Å². The van der Waals surface area contributed by atoms with Crippen LogP contribution in [0.5, 0.6) is 5.75 Å². The average Bonchev–Trinajstić information content (AvgIpc) is 3.09. The number of ether oxygens (including phenoxy) is 1. The smallest absolute Gasteiger partial charge is 0.247 e. The fraction of sp³-hybridized carbons (Fsp3) is 0.238. The first-order valence-electron chi connectivity index (χ1n) is 9.07. The van der Waals surface area contributed by atoms with Crippen LogP contribution in [0.25, 0.3) is 0 Å². The number of halogens is 1. The lowest BCUT2D eigenvalue weighted by Crippen LogP contribution is -2.40. The van der Waals surface area contributed by atoms with Crippen LogP contribution in [0.1, 0.15) is 21.8 Å². The SMILES string of the molecule is COc1ccc(C(=O)[C@@H]2[C@@H](c3ccc(Br)cc3)[C@H]([N+](=O)[O-])[C@H]3C=CC=NN32)cc1. The maximum atomic E-state index is 13.5. The van der Waals surface area contributed by atoms with Crippen LogP contribution in [0.3, 0.4) is 0 Å². The minimum Gasteiger partial charge on any atom is -0.497 e. The van der Waals surface area contributed by atoms with Gasteiger partial charge in [0.15, 0.2) is 5.78 Å². The standard InChI is InChI=1S/C21H18BrN3O4/c1-29-16-10-6-14(7-11-16)21(26)20-18(13-4-8-15(22)9-5-13)19(25(27)28)17-3-2-12-23-24(17)20/h2-12,17-20H,1H3/t17-,18+,19-,20+/m1/s1. The predicted octanol–water partition coefficient (Wildman–Crippen LogP) is 3.68. The lowest BCUT2D eigenvalue weighted by Gasteiger charge is -2.27. The molecule has 2 heterocycles. The number of carbonyl (C=O) groups is 1. The molecule has 1 fully saturated rings. The third kappa shape index (κ3) is 3.44. The number of methoxy groups -OCH3 is 1. The summed E-state index contributed by atoms with van der Waals surface area (Å²) < 4.78 is 6.03. The number of nitro groups is 1. The van der Waals surface area contributed by atoms with Gasteiger partial charge in [0.1, 0.15) is 17.8 Å². The lowest BCUT2D eigenvalue weighted by molar-refractivity contribution is -0.525. The van der Waals surface area contributed by atoms with Gasteiger partial charge in [-0.05, 0) is 48.0 Å². The van der Waals surface area contributed by atoms with Crippen molar-refractivity contribution < 1.29 is 14.5 Å². The molecule has 0 radical (unpaired) electrons. The number of ketones is 1. The van der Waals surface area contributed by atoms with Crippen molar-refractivity contribution in [3.63, 3.8) is 0 Å². The second-order valence-corrected chi connectivity index (χ2v) is 7.83. The van der Waals surface area contributed by atoms with E-state index >= 15 is 0 Å². The molecule has 2 aliphatic rings. The molecule has 0 bridgehead atoms. The monoisotopic (exact) mass is 455 g/mol. The topological polar surface area (TPSA) is 85.0 Å². The molecule has 0 amide bonds. The molecule has 4 rings (SSSR count). The second-order valence-electron chi connectivity index (χ2n) is 6.91. The molecule has 29 heavy (non-hydrogen) atoms. The van der Waals surface area contributed by atoms with Crippen molar-refractivity contribution in [2.45, 2.75) is 24.0 Å². The fourth-order valence-electron chi connectivity index (χ4n) is 4.07. The maximum absolute atomic E-state index is 13.5. The Kier molecular flexibility index (Phi) is 5.19. The first-order valence-corrected chi connectivity index (χ1v) is 9.87. The highest BCUT2D eigenvalue weighted by Gasteiger charge is 2.58. The Morgan fingerprint density at radius 2 is 1.86 bits per heavy atom. The zero-order valence-electron chi connectivity index (χ0n) is 15.5. The molecule has 0 N–H and O–H groups in total. The molecule has 0 aromatic heterocycles. The Morgan fingerprint density at radius 3 is 2.48 bits per heavy atom. The zero-order valence-corrected chi connectivity index (χ0v) is 17.1. The lowest BCUT2D eigenvalue weighted by atomic mass is 9.84. The van der Waals surface area contributed by atoms with E-state index in [1.54, 1.807) is 54.8 Å². The van der Waals surface area contributed by atoms with Gasteiger partial charge in [0.25, 0.3) is 0 Å². The molecule has 2 aliphatic heterocycles. The molecule has 0 aliphatic carbocycles. The summed E-state index contributed by atoms with van der Waals surface area (Å²) in [4.78, 5) is 25.3. The number of carbonyl (C=O) groups excluding carboxylic acids is 1. The van der Waals surface area contributed by atoms with Gasteiger partial charge in [-0.2, -0.15) is 5.10 Å². The van der Waals surface area contributed by atoms with Crippen molar-refractivity contribution in [3.8, 4) is 5.75 Å². The van der Waals surface area contributed by atoms with Gasteiger partial charge in [0.05, 0.1) is 13.0 Å². The van der Waals surface area contributed by atoms with Gasteiger partial charge in [-0.25, -0.2) is 0 Å². The third-order valence-electron chi connectivity index (χ3n) is 5.38. The highest BCUT2D eigenvalue weighted by atomic mass is 79.9. The minimum atomic E-state index is -0.989. The van der Waals surface area contributed by atoms with Gasteiger partial charge in [-0.3, -0.25) is 19.9 Å². The molecule has 1 saturated heterocycles. The number of hydrazone groups is 1. The van der Waals surface area contributed by atoms with Gasteiger partial charge in [-0.1, -0.05) is 34.1 Å². The Bertz CT molecular complexity index is 988. The number of hydrogen-bond acceptors (Lipinski definition) is 6. The van der Waals surface area contributed by atoms with E-state index in [4.69, 9.17) is 4.74 Å². The summed E-state index contributed by atoms with van der Waals surface area (Å²) in [5, 5.41) is 18.0. The molecule has 148 valence electrons. The third-order valence-corrected chi connectivity index (χ3v) is 5.91. The summed E-state index contributed by atoms with van der Waals surface area (Å²) in [5.41, 5.74) is 1.20. The van der Waals surface area contributed by atoms with E-state index in [0.717, 1.165) is 10.0 Å². The van der Waals surface area contributed by atoms with E-state index in [1.807, 2.05) is 24.3 Å². The summed E-state index contributed by atoms with van der Waals surface area (Å²) in [6.07, 6.45) is 5.00. The Balaban J connectivity index is 1.81. The molecule has 0 saturated carbocycles. The first kappa shape index (κ1) is 19.3. The van der Waals surface area contributed by atoms with E-state index in [-0.39, 0.29) is 10.7 Å². The number of allylic oxidation sites excluding steroid dienone is 1. The molecule has 4 atom stereocenters. The van der Waals surface area contributed by atoms with E-state index in [0.29, 0.717) is 11.3 Å². The van der Waals surface area contributed by atoms with Crippen molar-refractivity contribution >= 4 is 27.9 Å². The normalized spacial score (nSPS) is 25.0. The van der Waals surface area contributed by atoms with Crippen molar-refractivity contribution in [2.75, 3.05) is 7.11 Å². The number of hydrogen-bond donors (Lipinski definition) is 0. The summed E-state index contributed by atoms with van der Waals surface area (Å²) in [6, 6.07) is 11.7. The van der Waals surface area contributed by atoms with Crippen molar-refractivity contribution in [1.29, 1.82) is 0 Å². The van der Waals surface area contributed by atoms with Gasteiger partial charge >= 0.3 is 0 Å². The molecule has 7 nitrogen and oxygen atoms in total. The fourth-order valence-corrected chi connectivity index (χ4v) is 4.33. The van der Waals surface area contributed by atoms with Crippen LogP contribution >= 0.6 is 15.9 Å². The molecular formula is C21H18BrN3O4. The van der Waals surface area contributed by atoms with Crippen LogP contribution < -0.4 is 4.74 Å². The van der Waals surface area contributed by atoms with Gasteiger partial charge in [-0.15, -0.1) is 0 Å². The minimum absolute atomic E-state index is 0.206. The van der Waals surface area contributed by atoms with Crippen LogP contribution in [-0.2, 0) is 0 Å². The number of benzene rings is 2. The molecule has 2 aromatic rings. The Morgan fingerprint density at radius 1 is 1.17 bits per heavy atom. The number of Topliss-reactive ketones (excluding diaryl/α,β-unsaturated/α-hetero) is 1. The highest BCUT2D eigenvalue weighted by Crippen LogP contribution is 2.42. The Labute approximate surface area is 175 Å². The molecular weight excluding hydrogens is 438 g/mol. The molecule has 8 heteroatoms. The van der Waals surface area contributed by atoms with E-state index in [2.05, 4.69) is 21.0 Å². The predicted molar refractivity (Wildman–Crippen MR) is 112 cm³/mol. The van der Waals surface area contributed by atoms with Crippen LogP contribution in [-0.4, -0.2) is 47.2 Å². The van der Waals surface area contributed by atoms with Crippen molar-refractivity contribution in [1.82, 2.24) is 5.01 Å². The number of rotatable bonds is 5. The second kappa shape index (κ2) is 7.79. The summed E-state index contributed by atoms with van der Waals surface area (Å²) in [5.74, 6) is -0.211. The molecule has 0 unspecified atom stereocenters. The number of fused-ring (bicyclic) bond motifs is 1. The van der Waals surface area contributed by atoms with E-state index in [1.165, 1.54) is 0 Å². The molecule has 0 spiro atoms. The van der Waals surface area contributed by atoms with Crippen LogP contribution in [0, 0.1) is 10.1 Å². The highest BCUT2D eigenvalue weighted by molar-refractivity contribution is 9.10. The van der Waals surface area contributed by atoms with Gasteiger partial charge < -0.3 is 4.74 Å². The number of nitrogens with zero attached hydrogens (tertiary/aromatic N) is 3. The van der Waals surface area contributed by atoms with Crippen LogP contribution in [0.4, 0.5) is 0 Å². The van der Waals surface area contributed by atoms with Crippen molar-refractivity contribution in [3.05, 3.63) is 86.4 Å². The molecule has 2 aromatic carbocycles. The largest absolute Gasteiger partial charge is 0.497 e. The van der Waals surface area contributed by atoms with Crippen LogP contribution in [0.15, 0.2) is 70.3 Å². The van der Waals surface area contributed by atoms with E-state index in [9.17, 15) is 14.9 Å². The van der Waals surface area contributed by atoms with E-state index < -0.39 is 24.0 Å². The Hall–Kier alpha value is -3.00. The summed E-state index contributed by atoms with van der Waals surface area (Å²) in [6.45, 7) is 0. The van der Waals surface area contributed by atoms with Crippen LogP contribution in [0.2, 0.25) is 0 Å².